The predicted molar refractivity (Wildman–Crippen MR) is 92.6 cm³/mol. The smallest absolute Gasteiger partial charge is 0.415 e. The van der Waals surface area contributed by atoms with Crippen LogP contribution in [0.5, 0.6) is 5.88 Å². The van der Waals surface area contributed by atoms with Gasteiger partial charge < -0.3 is 24.8 Å². The van der Waals surface area contributed by atoms with Gasteiger partial charge in [0.2, 0.25) is 0 Å². The van der Waals surface area contributed by atoms with Crippen LogP contribution in [0.1, 0.15) is 27.2 Å². The minimum atomic E-state index is -0.578. The molecule has 27 heavy (non-hydrogen) atoms. The summed E-state index contributed by atoms with van der Waals surface area (Å²) in [4.78, 5) is 44.7. The first-order valence-corrected chi connectivity index (χ1v) is 8.46. The second-order valence-corrected chi connectivity index (χ2v) is 7.05. The van der Waals surface area contributed by atoms with E-state index in [1.165, 1.54) is 11.1 Å². The highest BCUT2D eigenvalue weighted by Gasteiger charge is 2.34. The molecule has 0 unspecified atom stereocenters. The van der Waals surface area contributed by atoms with Crippen LogP contribution in [0.2, 0.25) is 0 Å². The van der Waals surface area contributed by atoms with E-state index in [1.807, 2.05) is 0 Å². The van der Waals surface area contributed by atoms with Gasteiger partial charge in [-0.25, -0.2) is 19.6 Å². The second kappa shape index (κ2) is 7.25. The maximum absolute atomic E-state index is 12.1. The summed E-state index contributed by atoms with van der Waals surface area (Å²) in [7, 11) is 0. The molecule has 2 aliphatic rings. The van der Waals surface area contributed by atoms with Gasteiger partial charge in [-0.05, 0) is 20.8 Å². The molecule has 0 bridgehead atoms. The van der Waals surface area contributed by atoms with Gasteiger partial charge in [-0.1, -0.05) is 0 Å². The van der Waals surface area contributed by atoms with Crippen LogP contribution in [0.4, 0.5) is 21.2 Å². The lowest BCUT2D eigenvalue weighted by Crippen LogP contribution is -2.34. The minimum absolute atomic E-state index is 0.125. The van der Waals surface area contributed by atoms with Crippen LogP contribution >= 0.6 is 0 Å². The van der Waals surface area contributed by atoms with Gasteiger partial charge in [-0.2, -0.15) is 0 Å². The highest BCUT2D eigenvalue weighted by Crippen LogP contribution is 2.27. The molecule has 3 rings (SSSR count). The van der Waals surface area contributed by atoms with Crippen LogP contribution < -0.4 is 20.3 Å². The lowest BCUT2D eigenvalue weighted by Gasteiger charge is -2.20. The zero-order chi connectivity index (χ0) is 19.6. The van der Waals surface area contributed by atoms with Crippen LogP contribution in [0.25, 0.3) is 0 Å². The van der Waals surface area contributed by atoms with Crippen molar-refractivity contribution in [2.75, 3.05) is 29.9 Å². The Balaban J connectivity index is 1.54. The van der Waals surface area contributed by atoms with Crippen molar-refractivity contribution >= 4 is 29.7 Å². The highest BCUT2D eigenvalue weighted by atomic mass is 16.6. The number of hydrogen-bond acceptors (Lipinski definition) is 8. The maximum Gasteiger partial charge on any atom is 0.415 e. The molecule has 3 amide bonds. The lowest BCUT2D eigenvalue weighted by molar-refractivity contribution is -0.118. The number of anilines is 2. The number of nitrogens with one attached hydrogen (secondary N) is 2. The molecule has 1 saturated heterocycles. The number of fused-ring (bicyclic) bond motifs is 1. The van der Waals surface area contributed by atoms with Crippen molar-refractivity contribution in [1.29, 1.82) is 0 Å². The molecule has 1 fully saturated rings. The summed E-state index contributed by atoms with van der Waals surface area (Å²) in [5.74, 6) is 0.256. The molecule has 0 spiro atoms. The van der Waals surface area contributed by atoms with Crippen molar-refractivity contribution in [3.05, 3.63) is 6.20 Å². The van der Waals surface area contributed by atoms with E-state index < -0.39 is 23.9 Å². The molecule has 146 valence electrons. The van der Waals surface area contributed by atoms with Gasteiger partial charge in [0.15, 0.2) is 18.2 Å². The van der Waals surface area contributed by atoms with Gasteiger partial charge in [-0.3, -0.25) is 9.69 Å². The largest absolute Gasteiger partial charge is 0.465 e. The van der Waals surface area contributed by atoms with Crippen molar-refractivity contribution < 1.29 is 28.6 Å². The maximum atomic E-state index is 12.1. The summed E-state index contributed by atoms with van der Waals surface area (Å²) in [6, 6.07) is 0. The fourth-order valence-electron chi connectivity index (χ4n) is 2.50. The molecule has 0 radical (unpaired) electrons. The fourth-order valence-corrected chi connectivity index (χ4v) is 2.50. The zero-order valence-electron chi connectivity index (χ0n) is 15.3. The number of carbonyl (C=O) groups excluding carboxylic acids is 3. The highest BCUT2D eigenvalue weighted by molar-refractivity contribution is 5.94. The molecule has 2 aliphatic heterocycles. The monoisotopic (exact) mass is 379 g/mol. The Hall–Kier alpha value is -3.11. The van der Waals surface area contributed by atoms with Crippen molar-refractivity contribution in [2.45, 2.75) is 38.9 Å². The van der Waals surface area contributed by atoms with Crippen LogP contribution in [-0.4, -0.2) is 59.5 Å². The average Bonchev–Trinajstić information content (AvgIpc) is 2.93. The third-order valence-corrected chi connectivity index (χ3v) is 3.61. The predicted octanol–water partition coefficient (Wildman–Crippen LogP) is 1.05. The Morgan fingerprint density at radius 3 is 2.96 bits per heavy atom. The first kappa shape index (κ1) is 18.7. The number of nitrogens with zero attached hydrogens (tertiary/aromatic N) is 3. The third kappa shape index (κ3) is 4.74. The molecular weight excluding hydrogens is 358 g/mol. The van der Waals surface area contributed by atoms with Gasteiger partial charge in [-0.15, -0.1) is 0 Å². The average molecular weight is 379 g/mol. The van der Waals surface area contributed by atoms with Crippen LogP contribution in [0.15, 0.2) is 6.20 Å². The van der Waals surface area contributed by atoms with Crippen LogP contribution in [0, 0.1) is 0 Å². The number of cyclic esters (lactones) is 1. The number of rotatable bonds is 4. The van der Waals surface area contributed by atoms with E-state index in [-0.39, 0.29) is 36.6 Å². The Morgan fingerprint density at radius 2 is 2.22 bits per heavy atom. The van der Waals surface area contributed by atoms with Gasteiger partial charge in [0.05, 0.1) is 12.7 Å². The Bertz CT molecular complexity index is 762. The van der Waals surface area contributed by atoms with Crippen LogP contribution in [-0.2, 0) is 14.3 Å². The molecule has 11 nitrogen and oxygen atoms in total. The minimum Gasteiger partial charge on any atom is -0.465 e. The molecule has 0 saturated carbocycles. The number of hydrogen-bond donors (Lipinski definition) is 2. The second-order valence-electron chi connectivity index (χ2n) is 7.05. The molecule has 1 aromatic heterocycles. The van der Waals surface area contributed by atoms with Crippen LogP contribution in [0.3, 0.4) is 0 Å². The Kier molecular flexibility index (Phi) is 5.02. The molecule has 3 heterocycles. The number of ether oxygens (including phenoxy) is 3. The number of amides is 3. The molecule has 2 N–H and O–H groups in total. The SMILES string of the molecule is CC(C)(C)OC(=O)NCC[C@H]1CN(c2cnc3c(n2)NC(=O)CO3)C(=O)O1. The van der Waals surface area contributed by atoms with E-state index in [0.29, 0.717) is 13.0 Å². The summed E-state index contributed by atoms with van der Waals surface area (Å²) in [5, 5.41) is 5.16. The molecule has 1 atom stereocenters. The van der Waals surface area contributed by atoms with E-state index in [0.717, 1.165) is 0 Å². The fraction of sp³-hybridized carbons (Fsp3) is 0.562. The molecular formula is C16H21N5O6. The zero-order valence-corrected chi connectivity index (χ0v) is 15.3. The Labute approximate surface area is 155 Å². The molecule has 0 aromatic carbocycles. The summed E-state index contributed by atoms with van der Waals surface area (Å²) >= 11 is 0. The normalized spacial score (nSPS) is 18.9. The number of aromatic nitrogens is 2. The topological polar surface area (TPSA) is 132 Å². The molecule has 0 aliphatic carbocycles. The molecule has 1 aromatic rings. The van der Waals surface area contributed by atoms with E-state index in [9.17, 15) is 14.4 Å². The van der Waals surface area contributed by atoms with E-state index in [4.69, 9.17) is 14.2 Å². The van der Waals surface area contributed by atoms with Crippen molar-refractivity contribution in [3.63, 3.8) is 0 Å². The van der Waals surface area contributed by atoms with Crippen molar-refractivity contribution in [1.82, 2.24) is 15.3 Å². The number of alkyl carbamates (subject to hydrolysis) is 1. The quantitative estimate of drug-likeness (QED) is 0.793. The first-order valence-electron chi connectivity index (χ1n) is 8.46. The summed E-state index contributed by atoms with van der Waals surface area (Å²) in [6.07, 6.45) is 0.268. The van der Waals surface area contributed by atoms with Gasteiger partial charge in [0.25, 0.3) is 11.8 Å². The number of carbonyl (C=O) groups is 3. The van der Waals surface area contributed by atoms with E-state index in [2.05, 4.69) is 20.6 Å². The van der Waals surface area contributed by atoms with Gasteiger partial charge in [0.1, 0.15) is 11.7 Å². The third-order valence-electron chi connectivity index (χ3n) is 3.61. The summed E-state index contributed by atoms with van der Waals surface area (Å²) in [6.45, 7) is 5.74. The summed E-state index contributed by atoms with van der Waals surface area (Å²) in [5.41, 5.74) is -0.578. The van der Waals surface area contributed by atoms with Crippen molar-refractivity contribution in [3.8, 4) is 5.88 Å². The van der Waals surface area contributed by atoms with Gasteiger partial charge in [0, 0.05) is 13.0 Å². The molecule has 11 heteroatoms. The standard InChI is InChI=1S/C16H21N5O6/c1-16(2,3)27-14(23)17-5-4-9-7-21(15(24)26-9)10-6-18-13-12(19-10)20-11(22)8-25-13/h6,9H,4-5,7-8H2,1-3H3,(H,17,23)(H,19,20,22)/t9-/m0/s1. The first-order chi connectivity index (χ1) is 12.7. The summed E-state index contributed by atoms with van der Waals surface area (Å²) < 4.78 is 15.6. The lowest BCUT2D eigenvalue weighted by atomic mass is 10.2. The Morgan fingerprint density at radius 1 is 1.44 bits per heavy atom. The van der Waals surface area contributed by atoms with Gasteiger partial charge >= 0.3 is 12.2 Å². The van der Waals surface area contributed by atoms with E-state index >= 15 is 0 Å². The van der Waals surface area contributed by atoms with Crippen molar-refractivity contribution in [2.24, 2.45) is 0 Å². The van der Waals surface area contributed by atoms with E-state index in [1.54, 1.807) is 20.8 Å².